The van der Waals surface area contributed by atoms with Gasteiger partial charge in [-0.25, -0.2) is 4.79 Å². The summed E-state index contributed by atoms with van der Waals surface area (Å²) < 4.78 is 25.4. The average molecular weight is 470 g/mol. The van der Waals surface area contributed by atoms with Crippen molar-refractivity contribution >= 4 is 23.5 Å². The predicted octanol–water partition coefficient (Wildman–Crippen LogP) is 2.55. The Morgan fingerprint density at radius 1 is 1.00 bits per heavy atom. The third-order valence-electron chi connectivity index (χ3n) is 4.44. The van der Waals surface area contributed by atoms with Crippen molar-refractivity contribution in [3.8, 4) is 11.5 Å². The van der Waals surface area contributed by atoms with E-state index in [1.54, 1.807) is 0 Å². The normalized spacial score (nSPS) is 11.3. The van der Waals surface area contributed by atoms with Crippen molar-refractivity contribution in [3.63, 3.8) is 0 Å². The molecule has 0 saturated carbocycles. The lowest BCUT2D eigenvalue weighted by molar-refractivity contribution is -0.385. The lowest BCUT2D eigenvalue weighted by Gasteiger charge is -2.18. The zero-order chi connectivity index (χ0) is 24.8. The minimum atomic E-state index is -0.876. The van der Waals surface area contributed by atoms with Gasteiger partial charge in [-0.15, -0.1) is 0 Å². The van der Waals surface area contributed by atoms with Crippen molar-refractivity contribution in [3.05, 3.63) is 27.8 Å². The Bertz CT molecular complexity index is 828. The van der Waals surface area contributed by atoms with E-state index in [1.807, 2.05) is 0 Å². The van der Waals surface area contributed by atoms with E-state index >= 15 is 0 Å². The quantitative estimate of drug-likeness (QED) is 0.175. The summed E-state index contributed by atoms with van der Waals surface area (Å²) in [4.78, 5) is 45.7. The van der Waals surface area contributed by atoms with Crippen LogP contribution in [-0.4, -0.2) is 63.4 Å². The number of rotatable bonds is 15. The van der Waals surface area contributed by atoms with Gasteiger partial charge in [0, 0.05) is 20.0 Å². The van der Waals surface area contributed by atoms with Crippen LogP contribution in [0.1, 0.15) is 38.2 Å². The van der Waals surface area contributed by atoms with Gasteiger partial charge in [0.2, 0.25) is 0 Å². The van der Waals surface area contributed by atoms with Crippen molar-refractivity contribution in [1.82, 2.24) is 5.32 Å². The van der Waals surface area contributed by atoms with Crippen molar-refractivity contribution in [1.29, 1.82) is 0 Å². The van der Waals surface area contributed by atoms with E-state index in [-0.39, 0.29) is 48.2 Å². The molecule has 0 bridgehead atoms. The first-order valence-electron chi connectivity index (χ1n) is 10.2. The topological polar surface area (TPSA) is 153 Å². The van der Waals surface area contributed by atoms with Gasteiger partial charge in [-0.1, -0.05) is 0 Å². The smallest absolute Gasteiger partial charge is 0.407 e. The number of ether oxygens (including phenoxy) is 5. The van der Waals surface area contributed by atoms with Crippen molar-refractivity contribution in [2.45, 2.75) is 45.3 Å². The van der Waals surface area contributed by atoms with Crippen molar-refractivity contribution in [2.24, 2.45) is 0 Å². The molecule has 0 aliphatic carbocycles. The molecule has 1 N–H and O–H groups in total. The molecule has 0 spiro atoms. The number of unbranched alkanes of at least 4 members (excludes halogenated alkanes) is 1. The van der Waals surface area contributed by atoms with E-state index < -0.39 is 29.6 Å². The van der Waals surface area contributed by atoms with Crippen LogP contribution in [0.5, 0.6) is 11.5 Å². The third kappa shape index (κ3) is 10.2. The molecular formula is C21H30N2O10. The molecule has 1 unspecified atom stereocenters. The fourth-order valence-electron chi connectivity index (χ4n) is 2.79. The largest absolute Gasteiger partial charge is 0.493 e. The number of nitro benzene ring substituents is 1. The summed E-state index contributed by atoms with van der Waals surface area (Å²) in [7, 11) is 4.14. The third-order valence-corrected chi connectivity index (χ3v) is 4.44. The van der Waals surface area contributed by atoms with Crippen LogP contribution in [-0.2, 0) is 30.4 Å². The molecule has 12 heteroatoms. The highest BCUT2D eigenvalue weighted by Crippen LogP contribution is 2.34. The van der Waals surface area contributed by atoms with E-state index in [9.17, 15) is 24.5 Å². The number of nitrogens with zero attached hydrogens (tertiary/aromatic N) is 1. The maximum Gasteiger partial charge on any atom is 0.407 e. The predicted molar refractivity (Wildman–Crippen MR) is 115 cm³/mol. The molecule has 0 fully saturated rings. The van der Waals surface area contributed by atoms with Crippen molar-refractivity contribution < 1.29 is 43.0 Å². The molecule has 1 aromatic carbocycles. The number of nitrogens with one attached hydrogen (secondary N) is 1. The summed E-state index contributed by atoms with van der Waals surface area (Å²) in [5, 5.41) is 13.8. The molecule has 12 nitrogen and oxygen atoms in total. The minimum Gasteiger partial charge on any atom is -0.493 e. The highest BCUT2D eigenvalue weighted by Gasteiger charge is 2.22. The average Bonchev–Trinajstić information content (AvgIpc) is 2.78. The Morgan fingerprint density at radius 2 is 1.64 bits per heavy atom. The molecule has 33 heavy (non-hydrogen) atoms. The van der Waals surface area contributed by atoms with Gasteiger partial charge in [-0.3, -0.25) is 14.9 Å². The summed E-state index contributed by atoms with van der Waals surface area (Å²) in [6.07, 6.45) is 0.802. The zero-order valence-corrected chi connectivity index (χ0v) is 19.2. The van der Waals surface area contributed by atoms with Gasteiger partial charge in [-0.2, -0.15) is 0 Å². The molecule has 0 aliphatic heterocycles. The number of esters is 1. The first kappa shape index (κ1) is 27.6. The lowest BCUT2D eigenvalue weighted by Crippen LogP contribution is -2.42. The maximum absolute atomic E-state index is 12.2. The summed E-state index contributed by atoms with van der Waals surface area (Å²) in [5.74, 6) is 0.00989. The van der Waals surface area contributed by atoms with Gasteiger partial charge in [-0.05, 0) is 25.8 Å². The number of benzene rings is 1. The fourth-order valence-corrected chi connectivity index (χ4v) is 2.79. The molecule has 1 atom stereocenters. The van der Waals surface area contributed by atoms with E-state index in [2.05, 4.69) is 5.32 Å². The number of hydrogen-bond donors (Lipinski definition) is 1. The number of amides is 1. The summed E-state index contributed by atoms with van der Waals surface area (Å²) >= 11 is 0. The van der Waals surface area contributed by atoms with Gasteiger partial charge in [0.15, 0.2) is 11.5 Å². The Kier molecular flexibility index (Phi) is 12.2. The molecule has 1 amide bonds. The second-order valence-corrected chi connectivity index (χ2v) is 7.06. The summed E-state index contributed by atoms with van der Waals surface area (Å²) in [6.45, 7) is 0.980. The minimum absolute atomic E-state index is 0.0449. The Labute approximate surface area is 191 Å². The second kappa shape index (κ2) is 14.6. The van der Waals surface area contributed by atoms with E-state index in [4.69, 9.17) is 23.7 Å². The SMILES string of the molecule is COCC(COC(=O)CCCCC(C)=O)NC(=O)OCc1cc(OC)c(OC)cc1[N+](=O)[O-]. The molecule has 0 aliphatic rings. The van der Waals surface area contributed by atoms with Crippen LogP contribution in [0.3, 0.4) is 0 Å². The van der Waals surface area contributed by atoms with Crippen LogP contribution in [0.15, 0.2) is 12.1 Å². The number of alkyl carbamates (subject to hydrolysis) is 1. The van der Waals surface area contributed by atoms with Gasteiger partial charge >= 0.3 is 12.1 Å². The molecule has 1 aromatic rings. The first-order chi connectivity index (χ1) is 15.7. The highest BCUT2D eigenvalue weighted by atomic mass is 16.6. The number of carbonyl (C=O) groups excluding carboxylic acids is 3. The Balaban J connectivity index is 2.63. The highest BCUT2D eigenvalue weighted by molar-refractivity contribution is 5.75. The monoisotopic (exact) mass is 470 g/mol. The van der Waals surface area contributed by atoms with E-state index in [1.165, 1.54) is 40.4 Å². The molecule has 0 saturated heterocycles. The van der Waals surface area contributed by atoms with Gasteiger partial charge < -0.3 is 33.8 Å². The Morgan fingerprint density at radius 3 is 2.21 bits per heavy atom. The van der Waals surface area contributed by atoms with Crippen LogP contribution in [0.25, 0.3) is 0 Å². The van der Waals surface area contributed by atoms with Crippen LogP contribution in [0.2, 0.25) is 0 Å². The number of ketones is 1. The molecule has 184 valence electrons. The molecule has 1 rings (SSSR count). The maximum atomic E-state index is 12.2. The van der Waals surface area contributed by atoms with Crippen LogP contribution >= 0.6 is 0 Å². The fraction of sp³-hybridized carbons (Fsp3) is 0.571. The number of nitro groups is 1. The molecule has 0 radical (unpaired) electrons. The molecule has 0 aromatic heterocycles. The van der Waals surface area contributed by atoms with Gasteiger partial charge in [0.05, 0.1) is 43.4 Å². The number of methoxy groups -OCH3 is 3. The van der Waals surface area contributed by atoms with Crippen LogP contribution in [0, 0.1) is 10.1 Å². The molecule has 0 heterocycles. The first-order valence-corrected chi connectivity index (χ1v) is 10.2. The number of carbonyl (C=O) groups is 3. The van der Waals surface area contributed by atoms with E-state index in [0.717, 1.165) is 0 Å². The lowest BCUT2D eigenvalue weighted by atomic mass is 10.1. The second-order valence-electron chi connectivity index (χ2n) is 7.06. The number of Topliss-reactive ketones (excluding diaryl/α,β-unsaturated/α-hetero) is 1. The van der Waals surface area contributed by atoms with Crippen LogP contribution in [0.4, 0.5) is 10.5 Å². The van der Waals surface area contributed by atoms with E-state index in [0.29, 0.717) is 19.3 Å². The standard InChI is InChI=1S/C21H30N2O10/c1-14(24)7-5-6-8-20(25)32-13-16(12-29-2)22-21(26)33-11-15-9-18(30-3)19(31-4)10-17(15)23(27)28/h9-10,16H,5-8,11-13H2,1-4H3,(H,22,26). The Hall–Kier alpha value is -3.41. The van der Waals surface area contributed by atoms with Crippen molar-refractivity contribution in [2.75, 3.05) is 34.5 Å². The summed E-state index contributed by atoms with van der Waals surface area (Å²) in [6, 6.07) is 1.84. The zero-order valence-electron chi connectivity index (χ0n) is 19.2. The van der Waals surface area contributed by atoms with Crippen LogP contribution < -0.4 is 14.8 Å². The molecular weight excluding hydrogens is 440 g/mol. The number of hydrogen-bond acceptors (Lipinski definition) is 10. The van der Waals surface area contributed by atoms with Gasteiger partial charge in [0.25, 0.3) is 5.69 Å². The summed E-state index contributed by atoms with van der Waals surface area (Å²) in [5.41, 5.74) is -0.194. The van der Waals surface area contributed by atoms with Gasteiger partial charge in [0.1, 0.15) is 19.0 Å².